The number of carbonyl (C=O) groups is 1. The summed E-state index contributed by atoms with van der Waals surface area (Å²) in [6.07, 6.45) is 10.7. The Hall–Kier alpha value is -4.17. The molecular formula is C33H29NO. The third kappa shape index (κ3) is 4.24. The Morgan fingerprint density at radius 3 is 2.37 bits per heavy atom. The molecule has 172 valence electrons. The minimum absolute atomic E-state index is 0.00450. The van der Waals surface area contributed by atoms with Crippen LogP contribution in [-0.4, -0.2) is 13.0 Å². The van der Waals surface area contributed by atoms with E-state index >= 15 is 0 Å². The molecule has 0 fully saturated rings. The summed E-state index contributed by atoms with van der Waals surface area (Å²) in [5.41, 5.74) is 5.48. The first-order chi connectivity index (χ1) is 16.9. The average Bonchev–Trinajstić information content (AvgIpc) is 2.90. The van der Waals surface area contributed by atoms with Crippen molar-refractivity contribution >= 4 is 45.8 Å². The van der Waals surface area contributed by atoms with Crippen molar-refractivity contribution in [1.82, 2.24) is 0 Å². The number of hydrogen-bond acceptors (Lipinski definition) is 1. The van der Waals surface area contributed by atoms with Crippen LogP contribution in [-0.2, 0) is 4.79 Å². The second-order valence-electron chi connectivity index (χ2n) is 9.15. The molecule has 0 bridgehead atoms. The molecule has 0 heterocycles. The molecule has 0 aromatic heterocycles. The van der Waals surface area contributed by atoms with Gasteiger partial charge in [-0.05, 0) is 91.4 Å². The molecule has 0 unspecified atom stereocenters. The fourth-order valence-corrected chi connectivity index (χ4v) is 4.83. The molecule has 35 heavy (non-hydrogen) atoms. The molecule has 0 N–H and O–H groups in total. The molecular weight excluding hydrogens is 426 g/mol. The van der Waals surface area contributed by atoms with Gasteiger partial charge in [0.1, 0.15) is 0 Å². The summed E-state index contributed by atoms with van der Waals surface area (Å²) in [7, 11) is 1.81. The maximum Gasteiger partial charge on any atom is 0.223 e. The van der Waals surface area contributed by atoms with Crippen molar-refractivity contribution in [2.45, 2.75) is 19.8 Å². The first kappa shape index (κ1) is 22.6. The zero-order chi connectivity index (χ0) is 24.5. The molecule has 0 aliphatic heterocycles. The summed E-state index contributed by atoms with van der Waals surface area (Å²) >= 11 is 0. The SMILES string of the molecule is C=C(/C=c1\c(=C)c2ccc(-c3ccccc3)cc2c2cc(N(C)C(C)=O)ccc12)C1=CC=CCC1. The van der Waals surface area contributed by atoms with Gasteiger partial charge in [-0.25, -0.2) is 0 Å². The average molecular weight is 456 g/mol. The number of allylic oxidation sites excluding steroid dienone is 5. The van der Waals surface area contributed by atoms with Gasteiger partial charge in [-0.3, -0.25) is 4.79 Å². The zero-order valence-electron chi connectivity index (χ0n) is 20.3. The highest BCUT2D eigenvalue weighted by Crippen LogP contribution is 2.30. The van der Waals surface area contributed by atoms with Crippen LogP contribution in [0.2, 0.25) is 0 Å². The fraction of sp³-hybridized carbons (Fsp3) is 0.121. The summed E-state index contributed by atoms with van der Waals surface area (Å²) in [6.45, 7) is 10.5. The van der Waals surface area contributed by atoms with Crippen molar-refractivity contribution in [3.63, 3.8) is 0 Å². The van der Waals surface area contributed by atoms with Crippen molar-refractivity contribution in [1.29, 1.82) is 0 Å². The quantitative estimate of drug-likeness (QED) is 0.315. The Balaban J connectivity index is 1.83. The van der Waals surface area contributed by atoms with E-state index in [1.165, 1.54) is 11.1 Å². The molecule has 1 amide bonds. The lowest BCUT2D eigenvalue weighted by Gasteiger charge is -2.17. The van der Waals surface area contributed by atoms with Gasteiger partial charge in [-0.1, -0.05) is 79.9 Å². The summed E-state index contributed by atoms with van der Waals surface area (Å²) in [6, 6.07) is 23.2. The Morgan fingerprint density at radius 2 is 1.66 bits per heavy atom. The fourth-order valence-electron chi connectivity index (χ4n) is 4.83. The van der Waals surface area contributed by atoms with Gasteiger partial charge in [-0.15, -0.1) is 0 Å². The molecule has 0 atom stereocenters. The van der Waals surface area contributed by atoms with Crippen LogP contribution >= 0.6 is 0 Å². The first-order valence-corrected chi connectivity index (χ1v) is 12.0. The number of benzene rings is 4. The van der Waals surface area contributed by atoms with Crippen LogP contribution in [0.15, 0.2) is 103 Å². The second-order valence-corrected chi connectivity index (χ2v) is 9.15. The summed E-state index contributed by atoms with van der Waals surface area (Å²) in [4.78, 5) is 13.8. The van der Waals surface area contributed by atoms with Crippen molar-refractivity contribution in [3.8, 4) is 11.1 Å². The molecule has 0 saturated heterocycles. The number of anilines is 1. The number of nitrogens with zero attached hydrogens (tertiary/aromatic N) is 1. The Labute approximate surface area is 206 Å². The van der Waals surface area contributed by atoms with Gasteiger partial charge < -0.3 is 4.90 Å². The van der Waals surface area contributed by atoms with E-state index in [2.05, 4.69) is 92.1 Å². The topological polar surface area (TPSA) is 20.3 Å². The van der Waals surface area contributed by atoms with Gasteiger partial charge in [0.15, 0.2) is 0 Å². The van der Waals surface area contributed by atoms with E-state index in [-0.39, 0.29) is 5.91 Å². The highest BCUT2D eigenvalue weighted by molar-refractivity contribution is 6.11. The minimum atomic E-state index is 0.00450. The Kier molecular flexibility index (Phi) is 5.96. The lowest BCUT2D eigenvalue weighted by Crippen LogP contribution is -2.26. The second kappa shape index (κ2) is 9.23. The van der Waals surface area contributed by atoms with Crippen molar-refractivity contribution in [2.24, 2.45) is 0 Å². The van der Waals surface area contributed by atoms with Crippen molar-refractivity contribution in [2.75, 3.05) is 11.9 Å². The van der Waals surface area contributed by atoms with E-state index < -0.39 is 0 Å². The van der Waals surface area contributed by atoms with Gasteiger partial charge in [0.25, 0.3) is 0 Å². The highest BCUT2D eigenvalue weighted by atomic mass is 16.2. The first-order valence-electron chi connectivity index (χ1n) is 12.0. The van der Waals surface area contributed by atoms with Crippen LogP contribution in [0.5, 0.6) is 0 Å². The van der Waals surface area contributed by atoms with Gasteiger partial charge in [0.05, 0.1) is 0 Å². The van der Waals surface area contributed by atoms with Crippen LogP contribution < -0.4 is 15.3 Å². The summed E-state index contributed by atoms with van der Waals surface area (Å²) < 4.78 is 0. The Bertz CT molecular complexity index is 1650. The van der Waals surface area contributed by atoms with Crippen molar-refractivity contribution in [3.05, 3.63) is 113 Å². The number of rotatable bonds is 4. The minimum Gasteiger partial charge on any atom is -0.316 e. The van der Waals surface area contributed by atoms with Gasteiger partial charge in [-0.2, -0.15) is 0 Å². The van der Waals surface area contributed by atoms with Crippen molar-refractivity contribution < 1.29 is 4.79 Å². The van der Waals surface area contributed by atoms with Crippen LogP contribution in [0.1, 0.15) is 19.8 Å². The molecule has 2 heteroatoms. The third-order valence-electron chi connectivity index (χ3n) is 6.96. The van der Waals surface area contributed by atoms with E-state index in [4.69, 9.17) is 0 Å². The Morgan fingerprint density at radius 1 is 0.914 bits per heavy atom. The van der Waals surface area contributed by atoms with Gasteiger partial charge >= 0.3 is 0 Å². The normalized spacial score (nSPS) is 13.8. The smallest absolute Gasteiger partial charge is 0.223 e. The van der Waals surface area contributed by atoms with E-state index in [1.54, 1.807) is 11.8 Å². The predicted molar refractivity (Wildman–Crippen MR) is 151 cm³/mol. The molecule has 1 aliphatic rings. The van der Waals surface area contributed by atoms with E-state index in [0.29, 0.717) is 0 Å². The van der Waals surface area contributed by atoms with E-state index in [0.717, 1.165) is 61.6 Å². The van der Waals surface area contributed by atoms with Crippen LogP contribution in [0.25, 0.3) is 45.3 Å². The van der Waals surface area contributed by atoms with E-state index in [9.17, 15) is 4.79 Å². The van der Waals surface area contributed by atoms with Crippen LogP contribution in [0, 0.1) is 0 Å². The van der Waals surface area contributed by atoms with Crippen LogP contribution in [0.4, 0.5) is 5.69 Å². The number of amides is 1. The van der Waals surface area contributed by atoms with E-state index in [1.807, 2.05) is 19.2 Å². The number of hydrogen-bond donors (Lipinski definition) is 0. The number of fused-ring (bicyclic) bond motifs is 3. The lowest BCUT2D eigenvalue weighted by atomic mass is 9.92. The largest absolute Gasteiger partial charge is 0.316 e. The monoisotopic (exact) mass is 455 g/mol. The van der Waals surface area contributed by atoms with Crippen LogP contribution in [0.3, 0.4) is 0 Å². The van der Waals surface area contributed by atoms with Gasteiger partial charge in [0.2, 0.25) is 5.91 Å². The lowest BCUT2D eigenvalue weighted by molar-refractivity contribution is -0.116. The molecule has 0 radical (unpaired) electrons. The number of carbonyl (C=O) groups excluding carboxylic acids is 1. The maximum absolute atomic E-state index is 12.1. The molecule has 1 aliphatic carbocycles. The maximum atomic E-state index is 12.1. The molecule has 0 saturated carbocycles. The predicted octanol–water partition coefficient (Wildman–Crippen LogP) is 6.67. The van der Waals surface area contributed by atoms with Gasteiger partial charge in [0, 0.05) is 19.7 Å². The summed E-state index contributed by atoms with van der Waals surface area (Å²) in [5.74, 6) is 0.00450. The third-order valence-corrected chi connectivity index (χ3v) is 6.96. The molecule has 4 aromatic carbocycles. The molecule has 2 nitrogen and oxygen atoms in total. The summed E-state index contributed by atoms with van der Waals surface area (Å²) in [5, 5.41) is 6.53. The molecule has 5 rings (SSSR count). The molecule has 4 aromatic rings. The zero-order valence-corrected chi connectivity index (χ0v) is 20.3. The molecule has 0 spiro atoms. The highest BCUT2D eigenvalue weighted by Gasteiger charge is 2.12. The standard InChI is InChI=1S/C33H29NO/c1-22(25-11-7-5-8-12-25)19-31-23(2)29-17-15-27(26-13-9-6-10-14-26)20-32(29)33-21-28(16-18-30(31)33)34(4)24(3)35/h5-7,9-11,13-21H,1-2,8,12H2,3-4H3/b31-19+.